The predicted octanol–water partition coefficient (Wildman–Crippen LogP) is 7.35. The van der Waals surface area contributed by atoms with E-state index in [1.807, 2.05) is 111 Å². The standard InChI is InChI=1S/C39H43N5O4/c1-5-6-16-36(45)43(37(28(2)3)39(46)48-27-31-12-8-7-9-13-31)25-29-17-21-32(22-18-29)34-14-10-11-15-35(34)38-40-41-42-44(38)26-30-19-23-33(47-4)24-20-30/h7-15,17-24,28,37H,5-6,16,25-27H2,1-4H3/t37-/m0/s1. The highest BCUT2D eigenvalue weighted by atomic mass is 16.5. The molecule has 0 bridgehead atoms. The van der Waals surface area contributed by atoms with Crippen LogP contribution in [0.15, 0.2) is 103 Å². The molecular formula is C39H43N5O4. The van der Waals surface area contributed by atoms with Crippen LogP contribution in [0.1, 0.15) is 56.7 Å². The quantitative estimate of drug-likeness (QED) is 0.110. The number of esters is 1. The Hall–Kier alpha value is -5.31. The molecule has 0 aliphatic rings. The van der Waals surface area contributed by atoms with Gasteiger partial charge in [-0.05, 0) is 62.7 Å². The van der Waals surface area contributed by atoms with Gasteiger partial charge in [0, 0.05) is 18.5 Å². The molecule has 0 saturated heterocycles. The summed E-state index contributed by atoms with van der Waals surface area (Å²) in [6, 6.07) is 32.9. The third kappa shape index (κ3) is 8.53. The fraction of sp³-hybridized carbons (Fsp3) is 0.308. The van der Waals surface area contributed by atoms with Crippen LogP contribution in [0.3, 0.4) is 0 Å². The molecule has 1 amide bonds. The fourth-order valence-corrected chi connectivity index (χ4v) is 5.71. The van der Waals surface area contributed by atoms with Crippen molar-refractivity contribution in [2.75, 3.05) is 7.11 Å². The summed E-state index contributed by atoms with van der Waals surface area (Å²) in [4.78, 5) is 28.8. The molecule has 0 spiro atoms. The van der Waals surface area contributed by atoms with Crippen molar-refractivity contribution in [3.05, 3.63) is 120 Å². The average Bonchev–Trinajstić information content (AvgIpc) is 3.58. The lowest BCUT2D eigenvalue weighted by Gasteiger charge is -2.33. The summed E-state index contributed by atoms with van der Waals surface area (Å²) in [5.74, 6) is 0.878. The van der Waals surface area contributed by atoms with Crippen LogP contribution in [0.2, 0.25) is 0 Å². The zero-order valence-corrected chi connectivity index (χ0v) is 28.1. The molecule has 1 aromatic heterocycles. The first-order valence-electron chi connectivity index (χ1n) is 16.5. The van der Waals surface area contributed by atoms with Crippen LogP contribution in [0, 0.1) is 5.92 Å². The number of rotatable bonds is 15. The van der Waals surface area contributed by atoms with Gasteiger partial charge >= 0.3 is 5.97 Å². The van der Waals surface area contributed by atoms with Crippen molar-refractivity contribution < 1.29 is 19.1 Å². The number of carbonyl (C=O) groups is 2. The summed E-state index contributed by atoms with van der Waals surface area (Å²) in [5, 5.41) is 12.6. The minimum atomic E-state index is -0.706. The minimum absolute atomic E-state index is 0.0506. The van der Waals surface area contributed by atoms with E-state index < -0.39 is 12.0 Å². The molecule has 0 aliphatic carbocycles. The Kier molecular flexibility index (Phi) is 11.7. The van der Waals surface area contributed by atoms with Gasteiger partial charge in [0.25, 0.3) is 0 Å². The van der Waals surface area contributed by atoms with Crippen molar-refractivity contribution in [1.29, 1.82) is 0 Å². The average molecular weight is 646 g/mol. The molecule has 4 aromatic carbocycles. The molecule has 9 heteroatoms. The van der Waals surface area contributed by atoms with E-state index in [9.17, 15) is 9.59 Å². The van der Waals surface area contributed by atoms with E-state index in [0.717, 1.165) is 52.0 Å². The van der Waals surface area contributed by atoms with Crippen molar-refractivity contribution in [3.63, 3.8) is 0 Å². The molecule has 0 aliphatic heterocycles. The Morgan fingerprint density at radius 3 is 2.15 bits per heavy atom. The minimum Gasteiger partial charge on any atom is -0.497 e. The Labute approximate surface area is 282 Å². The third-order valence-electron chi connectivity index (χ3n) is 8.31. The molecule has 5 rings (SSSR count). The summed E-state index contributed by atoms with van der Waals surface area (Å²) >= 11 is 0. The van der Waals surface area contributed by atoms with Gasteiger partial charge in [-0.1, -0.05) is 118 Å². The number of unbranched alkanes of at least 4 members (excludes halogenated alkanes) is 1. The lowest BCUT2D eigenvalue weighted by atomic mass is 9.97. The number of ether oxygens (including phenoxy) is 2. The first-order valence-corrected chi connectivity index (χ1v) is 16.5. The largest absolute Gasteiger partial charge is 0.497 e. The smallest absolute Gasteiger partial charge is 0.329 e. The lowest BCUT2D eigenvalue weighted by Crippen LogP contribution is -2.48. The van der Waals surface area contributed by atoms with Crippen LogP contribution < -0.4 is 4.74 Å². The second kappa shape index (κ2) is 16.5. The molecule has 48 heavy (non-hydrogen) atoms. The molecular weight excluding hydrogens is 602 g/mol. The molecule has 1 atom stereocenters. The van der Waals surface area contributed by atoms with Crippen LogP contribution in [-0.2, 0) is 34.0 Å². The Bertz CT molecular complexity index is 1770. The highest BCUT2D eigenvalue weighted by molar-refractivity contribution is 5.85. The van der Waals surface area contributed by atoms with Gasteiger partial charge < -0.3 is 14.4 Å². The second-order valence-corrected chi connectivity index (χ2v) is 12.2. The first-order chi connectivity index (χ1) is 23.4. The number of hydrogen-bond acceptors (Lipinski definition) is 7. The zero-order chi connectivity index (χ0) is 33.9. The van der Waals surface area contributed by atoms with Crippen molar-refractivity contribution in [1.82, 2.24) is 25.1 Å². The molecule has 1 heterocycles. The van der Waals surface area contributed by atoms with Gasteiger partial charge in [-0.25, -0.2) is 9.48 Å². The van der Waals surface area contributed by atoms with Crippen LogP contribution in [0.25, 0.3) is 22.5 Å². The van der Waals surface area contributed by atoms with Crippen LogP contribution in [-0.4, -0.2) is 50.1 Å². The van der Waals surface area contributed by atoms with Crippen molar-refractivity contribution >= 4 is 11.9 Å². The van der Waals surface area contributed by atoms with Crippen molar-refractivity contribution in [2.45, 2.75) is 65.8 Å². The van der Waals surface area contributed by atoms with Crippen molar-refractivity contribution in [2.24, 2.45) is 5.92 Å². The van der Waals surface area contributed by atoms with Crippen molar-refractivity contribution in [3.8, 4) is 28.3 Å². The Morgan fingerprint density at radius 1 is 0.812 bits per heavy atom. The number of nitrogens with zero attached hydrogens (tertiary/aromatic N) is 5. The molecule has 5 aromatic rings. The second-order valence-electron chi connectivity index (χ2n) is 12.2. The number of methoxy groups -OCH3 is 1. The predicted molar refractivity (Wildman–Crippen MR) is 186 cm³/mol. The summed E-state index contributed by atoms with van der Waals surface area (Å²) in [7, 11) is 1.65. The fourth-order valence-electron chi connectivity index (χ4n) is 5.71. The molecule has 0 saturated carbocycles. The molecule has 0 N–H and O–H groups in total. The highest BCUT2D eigenvalue weighted by Gasteiger charge is 2.33. The Balaban J connectivity index is 1.37. The summed E-state index contributed by atoms with van der Waals surface area (Å²) in [6.45, 7) is 6.94. The van der Waals surface area contributed by atoms with E-state index >= 15 is 0 Å². The number of benzene rings is 4. The maximum atomic E-state index is 13.6. The maximum absolute atomic E-state index is 13.6. The van der Waals surface area contributed by atoms with E-state index in [1.54, 1.807) is 16.7 Å². The van der Waals surface area contributed by atoms with Gasteiger partial charge in [0.15, 0.2) is 5.82 Å². The van der Waals surface area contributed by atoms with Gasteiger partial charge in [0.05, 0.1) is 13.7 Å². The lowest BCUT2D eigenvalue weighted by molar-refractivity contribution is -0.159. The molecule has 0 fully saturated rings. The number of amides is 1. The van der Waals surface area contributed by atoms with Crippen LogP contribution >= 0.6 is 0 Å². The van der Waals surface area contributed by atoms with Gasteiger partial charge in [-0.3, -0.25) is 4.79 Å². The number of carbonyl (C=O) groups excluding carboxylic acids is 2. The van der Waals surface area contributed by atoms with Crippen LogP contribution in [0.5, 0.6) is 5.75 Å². The van der Waals surface area contributed by atoms with Gasteiger partial charge in [-0.2, -0.15) is 0 Å². The van der Waals surface area contributed by atoms with E-state index in [0.29, 0.717) is 25.3 Å². The molecule has 9 nitrogen and oxygen atoms in total. The SMILES string of the molecule is CCCCC(=O)N(Cc1ccc(-c2ccccc2-c2nnnn2Cc2ccc(OC)cc2)cc1)[C@H](C(=O)OCc1ccccc1)C(C)C. The van der Waals surface area contributed by atoms with E-state index in [2.05, 4.69) is 28.5 Å². The van der Waals surface area contributed by atoms with E-state index in [1.165, 1.54) is 0 Å². The van der Waals surface area contributed by atoms with Gasteiger partial charge in [0.1, 0.15) is 18.4 Å². The Morgan fingerprint density at radius 2 is 1.48 bits per heavy atom. The van der Waals surface area contributed by atoms with Crippen LogP contribution in [0.4, 0.5) is 0 Å². The normalized spacial score (nSPS) is 11.7. The van der Waals surface area contributed by atoms with Gasteiger partial charge in [-0.15, -0.1) is 5.10 Å². The zero-order valence-electron chi connectivity index (χ0n) is 28.1. The number of hydrogen-bond donors (Lipinski definition) is 0. The highest BCUT2D eigenvalue weighted by Crippen LogP contribution is 2.31. The first kappa shape index (κ1) is 34.0. The summed E-state index contributed by atoms with van der Waals surface area (Å²) < 4.78 is 12.8. The van der Waals surface area contributed by atoms with E-state index in [-0.39, 0.29) is 18.4 Å². The summed E-state index contributed by atoms with van der Waals surface area (Å²) in [5.41, 5.74) is 5.75. The van der Waals surface area contributed by atoms with E-state index in [4.69, 9.17) is 9.47 Å². The monoisotopic (exact) mass is 645 g/mol. The maximum Gasteiger partial charge on any atom is 0.329 e. The topological polar surface area (TPSA) is 99.4 Å². The molecule has 248 valence electrons. The molecule has 0 unspecified atom stereocenters. The number of tetrazole rings is 1. The molecule has 0 radical (unpaired) electrons. The van der Waals surface area contributed by atoms with Gasteiger partial charge in [0.2, 0.25) is 5.91 Å². The summed E-state index contributed by atoms with van der Waals surface area (Å²) in [6.07, 6.45) is 2.02. The number of aromatic nitrogens is 4. The third-order valence-corrected chi connectivity index (χ3v) is 8.31.